The van der Waals surface area contributed by atoms with Gasteiger partial charge in [-0.15, -0.1) is 0 Å². The molecule has 0 aliphatic rings. The third-order valence-electron chi connectivity index (χ3n) is 5.50. The number of benzene rings is 3. The van der Waals surface area contributed by atoms with E-state index in [1.807, 2.05) is 37.3 Å². The molecule has 1 amide bonds. The van der Waals surface area contributed by atoms with Crippen LogP contribution >= 0.6 is 0 Å². The van der Waals surface area contributed by atoms with Gasteiger partial charge in [-0.05, 0) is 54.8 Å². The van der Waals surface area contributed by atoms with Gasteiger partial charge in [-0.2, -0.15) is 0 Å². The van der Waals surface area contributed by atoms with Gasteiger partial charge >= 0.3 is 5.97 Å². The molecule has 8 nitrogen and oxygen atoms in total. The smallest absolute Gasteiger partial charge is 0.307 e. The molecule has 0 fully saturated rings. The van der Waals surface area contributed by atoms with E-state index < -0.39 is 23.0 Å². The topological polar surface area (TPSA) is 119 Å². The van der Waals surface area contributed by atoms with E-state index in [4.69, 9.17) is 4.74 Å². The summed E-state index contributed by atoms with van der Waals surface area (Å²) in [6.07, 6.45) is 1.86. The number of carbonyl (C=O) groups excluding carboxylic acids is 2. The minimum absolute atomic E-state index is 0.0616. The number of amides is 1. The average Bonchev–Trinajstić information content (AvgIpc) is 2.90. The van der Waals surface area contributed by atoms with Crippen molar-refractivity contribution in [1.82, 2.24) is 5.32 Å². The van der Waals surface area contributed by atoms with E-state index in [2.05, 4.69) is 17.2 Å². The number of aromatic hydroxyl groups is 1. The van der Waals surface area contributed by atoms with Gasteiger partial charge in [-0.1, -0.05) is 55.5 Å². The first-order chi connectivity index (χ1) is 17.9. The summed E-state index contributed by atoms with van der Waals surface area (Å²) in [6, 6.07) is 19.6. The molecule has 37 heavy (non-hydrogen) atoms. The van der Waals surface area contributed by atoms with Crippen molar-refractivity contribution < 1.29 is 24.4 Å². The molecule has 0 saturated heterocycles. The highest BCUT2D eigenvalue weighted by atomic mass is 16.6. The molecule has 1 atom stereocenters. The molecule has 0 bridgehead atoms. The first-order valence-electron chi connectivity index (χ1n) is 12.0. The van der Waals surface area contributed by atoms with Crippen molar-refractivity contribution in [1.29, 1.82) is 0 Å². The van der Waals surface area contributed by atoms with Crippen LogP contribution in [-0.2, 0) is 16.0 Å². The van der Waals surface area contributed by atoms with Crippen LogP contribution in [0.4, 0.5) is 5.69 Å². The molecule has 0 aliphatic carbocycles. The van der Waals surface area contributed by atoms with E-state index in [1.165, 1.54) is 30.3 Å². The van der Waals surface area contributed by atoms with E-state index >= 15 is 0 Å². The summed E-state index contributed by atoms with van der Waals surface area (Å²) in [5.74, 6) is 4.69. The highest BCUT2D eigenvalue weighted by molar-refractivity contribution is 5.95. The third kappa shape index (κ3) is 8.51. The fraction of sp³-hybridized carbons (Fsp3) is 0.241. The van der Waals surface area contributed by atoms with E-state index in [-0.39, 0.29) is 29.0 Å². The molecule has 3 aromatic rings. The number of aryl methyl sites for hydroxylation is 1. The van der Waals surface area contributed by atoms with Crippen molar-refractivity contribution in [3.8, 4) is 17.6 Å². The summed E-state index contributed by atoms with van der Waals surface area (Å²) < 4.78 is 5.55. The first kappa shape index (κ1) is 27.0. The Morgan fingerprint density at radius 2 is 1.78 bits per heavy atom. The van der Waals surface area contributed by atoms with Crippen LogP contribution in [0.25, 0.3) is 0 Å². The lowest BCUT2D eigenvalue weighted by Gasteiger charge is -2.19. The van der Waals surface area contributed by atoms with Gasteiger partial charge in [0.25, 0.3) is 11.6 Å². The van der Waals surface area contributed by atoms with Crippen molar-refractivity contribution in [3.05, 3.63) is 105 Å². The van der Waals surface area contributed by atoms with Gasteiger partial charge in [-0.25, -0.2) is 0 Å². The van der Waals surface area contributed by atoms with E-state index in [9.17, 15) is 24.8 Å². The number of hydrogen-bond donors (Lipinski definition) is 2. The summed E-state index contributed by atoms with van der Waals surface area (Å²) in [7, 11) is 0. The number of phenols is 1. The number of hydrogen-bond acceptors (Lipinski definition) is 6. The van der Waals surface area contributed by atoms with Crippen LogP contribution in [0, 0.1) is 22.0 Å². The molecule has 3 aromatic carbocycles. The van der Waals surface area contributed by atoms with Gasteiger partial charge in [0.2, 0.25) is 0 Å². The van der Waals surface area contributed by atoms with Gasteiger partial charge in [-0.3, -0.25) is 19.7 Å². The molecule has 2 N–H and O–H groups in total. The molecule has 0 unspecified atom stereocenters. The number of unbranched alkanes of at least 4 members (excludes halogenated alkanes) is 1. The number of rotatable bonds is 10. The zero-order valence-electron chi connectivity index (χ0n) is 20.5. The fourth-order valence-corrected chi connectivity index (χ4v) is 3.49. The van der Waals surface area contributed by atoms with E-state index in [0.29, 0.717) is 24.8 Å². The average molecular weight is 501 g/mol. The fourth-order valence-electron chi connectivity index (χ4n) is 3.49. The van der Waals surface area contributed by atoms with Crippen LogP contribution in [0.5, 0.6) is 5.75 Å². The second-order valence-electron chi connectivity index (χ2n) is 8.37. The Hall–Kier alpha value is -4.64. The molecular weight excluding hydrogens is 472 g/mol. The maximum atomic E-state index is 13.1. The maximum Gasteiger partial charge on any atom is 0.307 e. The Morgan fingerprint density at radius 3 is 2.46 bits per heavy atom. The van der Waals surface area contributed by atoms with Gasteiger partial charge < -0.3 is 15.2 Å². The Morgan fingerprint density at radius 1 is 1.05 bits per heavy atom. The number of carbonyl (C=O) groups is 2. The Labute approximate surface area is 215 Å². The lowest BCUT2D eigenvalue weighted by molar-refractivity contribution is -0.385. The molecule has 190 valence electrons. The SMILES string of the molecule is CCCCC(=O)O[C@H](CCc1ccccc1)NC(=O)c1ccc([N+](=O)[O-])c(C#Cc2ccc(O)cc2)c1. The van der Waals surface area contributed by atoms with Crippen LogP contribution in [0.1, 0.15) is 59.7 Å². The number of esters is 1. The first-order valence-corrected chi connectivity index (χ1v) is 12.0. The van der Waals surface area contributed by atoms with Gasteiger partial charge in [0.1, 0.15) is 11.3 Å². The molecule has 0 heterocycles. The lowest BCUT2D eigenvalue weighted by Crippen LogP contribution is -2.38. The van der Waals surface area contributed by atoms with Gasteiger partial charge in [0.05, 0.1) is 4.92 Å². The summed E-state index contributed by atoms with van der Waals surface area (Å²) in [4.78, 5) is 36.3. The Kier molecular flexibility index (Phi) is 9.80. The minimum Gasteiger partial charge on any atom is -0.508 e. The zero-order chi connectivity index (χ0) is 26.6. The molecule has 0 spiro atoms. The summed E-state index contributed by atoms with van der Waals surface area (Å²) in [5, 5.41) is 23.7. The van der Waals surface area contributed by atoms with Crippen LogP contribution in [-0.4, -0.2) is 28.1 Å². The summed E-state index contributed by atoms with van der Waals surface area (Å²) in [6.45, 7) is 1.97. The molecular formula is C29H28N2O6. The normalized spacial score (nSPS) is 11.1. The van der Waals surface area contributed by atoms with E-state index in [1.54, 1.807) is 12.1 Å². The maximum absolute atomic E-state index is 13.1. The number of nitrogens with one attached hydrogen (secondary N) is 1. The van der Waals surface area contributed by atoms with E-state index in [0.717, 1.165) is 12.0 Å². The number of phenolic OH excluding ortho intramolecular Hbond substituents is 1. The Bertz CT molecular complexity index is 1290. The Balaban J connectivity index is 1.80. The van der Waals surface area contributed by atoms with Crippen LogP contribution in [0.3, 0.4) is 0 Å². The van der Waals surface area contributed by atoms with Crippen molar-refractivity contribution in [3.63, 3.8) is 0 Å². The number of nitro groups is 1. The molecule has 3 rings (SSSR count). The summed E-state index contributed by atoms with van der Waals surface area (Å²) in [5.41, 5.74) is 1.55. The summed E-state index contributed by atoms with van der Waals surface area (Å²) >= 11 is 0. The predicted molar refractivity (Wildman–Crippen MR) is 139 cm³/mol. The predicted octanol–water partition coefficient (Wildman–Crippen LogP) is 5.12. The second kappa shape index (κ2) is 13.4. The second-order valence-corrected chi connectivity index (χ2v) is 8.37. The van der Waals surface area contributed by atoms with Crippen molar-refractivity contribution in [2.24, 2.45) is 0 Å². The molecule has 0 saturated carbocycles. The number of nitrogens with zero attached hydrogens (tertiary/aromatic N) is 1. The lowest BCUT2D eigenvalue weighted by atomic mass is 10.1. The zero-order valence-corrected chi connectivity index (χ0v) is 20.5. The molecule has 8 heteroatoms. The highest BCUT2D eigenvalue weighted by Gasteiger charge is 2.20. The van der Waals surface area contributed by atoms with Crippen LogP contribution < -0.4 is 5.32 Å². The van der Waals surface area contributed by atoms with Crippen molar-refractivity contribution in [2.75, 3.05) is 0 Å². The number of ether oxygens (including phenoxy) is 1. The molecule has 0 radical (unpaired) electrons. The third-order valence-corrected chi connectivity index (χ3v) is 5.50. The highest BCUT2D eigenvalue weighted by Crippen LogP contribution is 2.20. The van der Waals surface area contributed by atoms with Crippen molar-refractivity contribution in [2.45, 2.75) is 45.3 Å². The van der Waals surface area contributed by atoms with Crippen LogP contribution in [0.2, 0.25) is 0 Å². The molecule has 0 aromatic heterocycles. The standard InChI is InChI=1S/C29H28N2O6/c1-2-3-9-28(33)37-27(19-13-21-7-5-4-6-8-21)30-29(34)24-15-18-26(31(35)36)23(20-24)14-10-22-11-16-25(32)17-12-22/h4-8,11-12,15-18,20,27,32H,2-3,9,13,19H2,1H3,(H,30,34)/t27-/m1/s1. The van der Waals surface area contributed by atoms with Gasteiger partial charge in [0, 0.05) is 30.0 Å². The van der Waals surface area contributed by atoms with Crippen molar-refractivity contribution >= 4 is 17.6 Å². The largest absolute Gasteiger partial charge is 0.508 e. The van der Waals surface area contributed by atoms with Crippen LogP contribution in [0.15, 0.2) is 72.8 Å². The van der Waals surface area contributed by atoms with Gasteiger partial charge in [0.15, 0.2) is 6.23 Å². The monoisotopic (exact) mass is 500 g/mol. The quantitative estimate of drug-likeness (QED) is 0.131. The number of nitro benzene ring substituents is 1. The molecule has 0 aliphatic heterocycles. The minimum atomic E-state index is -0.862.